The first kappa shape index (κ1) is 29.8. The molecule has 1 aliphatic rings. The van der Waals surface area contributed by atoms with Crippen molar-refractivity contribution in [3.8, 4) is 17.2 Å². The molecule has 224 valence electrons. The number of thiazole rings is 1. The normalized spacial score (nSPS) is 14.4. The topological polar surface area (TPSA) is 165 Å². The van der Waals surface area contributed by atoms with Crippen LogP contribution in [-0.4, -0.2) is 34.1 Å². The lowest BCUT2D eigenvalue weighted by atomic mass is 9.96. The summed E-state index contributed by atoms with van der Waals surface area (Å²) in [5.74, 6) is 0.144. The number of allylic oxidation sites excluding steroid dienone is 1. The summed E-state index contributed by atoms with van der Waals surface area (Å²) in [6.07, 6.45) is 1.66. The molecule has 1 aromatic heterocycles. The zero-order chi connectivity index (χ0) is 31.5. The number of carbonyl (C=O) groups is 1. The number of hydrogen-bond acceptors (Lipinski definition) is 11. The molecule has 2 heterocycles. The number of methoxy groups -OCH3 is 1. The van der Waals surface area contributed by atoms with Crippen LogP contribution < -0.4 is 24.4 Å². The van der Waals surface area contributed by atoms with Crippen molar-refractivity contribution in [3.63, 3.8) is 0 Å². The van der Waals surface area contributed by atoms with Gasteiger partial charge in [-0.3, -0.25) is 29.6 Å². The Hall–Kier alpha value is -5.63. The highest BCUT2D eigenvalue weighted by Gasteiger charge is 2.33. The number of nitro groups is 2. The van der Waals surface area contributed by atoms with Gasteiger partial charge in [0, 0.05) is 6.07 Å². The molecule has 5 rings (SSSR count). The molecular formula is C30H24N4O9S. The molecule has 0 saturated heterocycles. The second kappa shape index (κ2) is 12.3. The van der Waals surface area contributed by atoms with Gasteiger partial charge in [-0.05, 0) is 61.4 Å². The number of hydrogen-bond donors (Lipinski definition) is 0. The van der Waals surface area contributed by atoms with Crippen LogP contribution in [0.4, 0.5) is 11.4 Å². The van der Waals surface area contributed by atoms with Gasteiger partial charge in [0.25, 0.3) is 11.2 Å². The van der Waals surface area contributed by atoms with Crippen molar-refractivity contribution in [1.82, 2.24) is 4.57 Å². The molecule has 44 heavy (non-hydrogen) atoms. The second-order valence-corrected chi connectivity index (χ2v) is 10.4. The number of carbonyl (C=O) groups excluding carboxylic acids is 1. The molecule has 0 saturated carbocycles. The van der Waals surface area contributed by atoms with Gasteiger partial charge < -0.3 is 14.2 Å². The van der Waals surface area contributed by atoms with Gasteiger partial charge in [-0.25, -0.2) is 9.79 Å². The number of nitrogens with zero attached hydrogens (tertiary/aromatic N) is 4. The zero-order valence-electron chi connectivity index (χ0n) is 23.6. The van der Waals surface area contributed by atoms with E-state index in [0.29, 0.717) is 31.9 Å². The summed E-state index contributed by atoms with van der Waals surface area (Å²) in [5.41, 5.74) is 0.677. The van der Waals surface area contributed by atoms with E-state index in [4.69, 9.17) is 14.2 Å². The third-order valence-corrected chi connectivity index (χ3v) is 7.69. The van der Waals surface area contributed by atoms with Gasteiger partial charge in [0.05, 0.1) is 51.5 Å². The summed E-state index contributed by atoms with van der Waals surface area (Å²) >= 11 is 1.17. The van der Waals surface area contributed by atoms with E-state index >= 15 is 0 Å². The Kier molecular flexibility index (Phi) is 8.35. The van der Waals surface area contributed by atoms with Gasteiger partial charge in [-0.15, -0.1) is 0 Å². The molecule has 0 radical (unpaired) electrons. The summed E-state index contributed by atoms with van der Waals surface area (Å²) < 4.78 is 18.1. The zero-order valence-corrected chi connectivity index (χ0v) is 24.4. The molecule has 14 heteroatoms. The highest BCUT2D eigenvalue weighted by Crippen LogP contribution is 2.35. The third kappa shape index (κ3) is 5.83. The Labute approximate surface area is 252 Å². The Morgan fingerprint density at radius 3 is 2.32 bits per heavy atom. The summed E-state index contributed by atoms with van der Waals surface area (Å²) in [6, 6.07) is 15.8. The average molecular weight is 617 g/mol. The summed E-state index contributed by atoms with van der Waals surface area (Å²) in [5, 5.41) is 22.4. The molecule has 0 amide bonds. The van der Waals surface area contributed by atoms with E-state index in [1.807, 2.05) is 0 Å². The lowest BCUT2D eigenvalue weighted by Crippen LogP contribution is -2.39. The van der Waals surface area contributed by atoms with Crippen molar-refractivity contribution >= 4 is 34.8 Å². The number of non-ortho nitro benzene ring substituents is 1. The number of aromatic nitrogens is 1. The first-order chi connectivity index (χ1) is 21.1. The fourth-order valence-corrected chi connectivity index (χ4v) is 5.70. The van der Waals surface area contributed by atoms with Gasteiger partial charge in [0.15, 0.2) is 4.80 Å². The molecule has 0 spiro atoms. The number of nitro benzene ring substituents is 2. The summed E-state index contributed by atoms with van der Waals surface area (Å²) in [7, 11) is 1.55. The average Bonchev–Trinajstić information content (AvgIpc) is 3.31. The lowest BCUT2D eigenvalue weighted by molar-refractivity contribution is -0.394. The van der Waals surface area contributed by atoms with E-state index in [1.165, 1.54) is 15.9 Å². The van der Waals surface area contributed by atoms with Crippen LogP contribution in [0.1, 0.15) is 31.0 Å². The maximum absolute atomic E-state index is 13.8. The van der Waals surface area contributed by atoms with Crippen LogP contribution in [0.3, 0.4) is 0 Å². The minimum Gasteiger partial charge on any atom is -0.497 e. The summed E-state index contributed by atoms with van der Waals surface area (Å²) in [4.78, 5) is 52.8. The Balaban J connectivity index is 1.51. The molecule has 0 aliphatic carbocycles. The fourth-order valence-electron chi connectivity index (χ4n) is 4.65. The van der Waals surface area contributed by atoms with Gasteiger partial charge >= 0.3 is 11.7 Å². The van der Waals surface area contributed by atoms with E-state index in [0.717, 1.165) is 18.2 Å². The molecular weight excluding hydrogens is 592 g/mol. The molecule has 4 aromatic rings. The van der Waals surface area contributed by atoms with Crippen molar-refractivity contribution < 1.29 is 28.9 Å². The molecule has 0 fully saturated rings. The van der Waals surface area contributed by atoms with Crippen LogP contribution in [0, 0.1) is 20.2 Å². The Bertz CT molecular complexity index is 2000. The number of benzene rings is 3. The molecule has 13 nitrogen and oxygen atoms in total. The molecule has 3 aromatic carbocycles. The highest BCUT2D eigenvalue weighted by molar-refractivity contribution is 7.07. The number of ether oxygens (including phenoxy) is 3. The first-order valence-corrected chi connectivity index (χ1v) is 14.0. The van der Waals surface area contributed by atoms with Gasteiger partial charge in [0.2, 0.25) is 5.75 Å². The summed E-state index contributed by atoms with van der Waals surface area (Å²) in [6.45, 7) is 3.56. The van der Waals surface area contributed by atoms with Gasteiger partial charge in [0.1, 0.15) is 11.5 Å². The van der Waals surface area contributed by atoms with E-state index in [-0.39, 0.29) is 29.2 Å². The molecule has 0 bridgehead atoms. The predicted molar refractivity (Wildman–Crippen MR) is 160 cm³/mol. The largest absolute Gasteiger partial charge is 0.497 e. The maximum Gasteiger partial charge on any atom is 0.338 e. The smallest absolute Gasteiger partial charge is 0.338 e. The van der Waals surface area contributed by atoms with Crippen LogP contribution in [0.2, 0.25) is 0 Å². The van der Waals surface area contributed by atoms with Crippen molar-refractivity contribution in [1.29, 1.82) is 0 Å². The van der Waals surface area contributed by atoms with Crippen molar-refractivity contribution in [2.24, 2.45) is 4.99 Å². The minimum atomic E-state index is -0.772. The quantitative estimate of drug-likeness (QED) is 0.150. The second-order valence-electron chi connectivity index (χ2n) is 9.41. The van der Waals surface area contributed by atoms with Crippen molar-refractivity contribution in [2.75, 3.05) is 13.7 Å². The van der Waals surface area contributed by atoms with Crippen LogP contribution >= 0.6 is 11.3 Å². The van der Waals surface area contributed by atoms with Crippen LogP contribution in [0.5, 0.6) is 17.2 Å². The SMILES string of the molecule is CCOC(=O)C1=C(C)N=c2s/c(=C\c3ccc(Oc4ccc([N+](=O)[O-])cc4[N+](=O)[O-])cc3)c(=O)n2[C@@H]1c1ccc(OC)cc1. The highest BCUT2D eigenvalue weighted by atomic mass is 32.1. The monoisotopic (exact) mass is 616 g/mol. The van der Waals surface area contributed by atoms with E-state index in [9.17, 15) is 29.8 Å². The molecule has 1 aliphatic heterocycles. The van der Waals surface area contributed by atoms with Gasteiger partial charge in [-0.1, -0.05) is 35.6 Å². The molecule has 0 N–H and O–H groups in total. The number of rotatable bonds is 9. The predicted octanol–water partition coefficient (Wildman–Crippen LogP) is 4.42. The van der Waals surface area contributed by atoms with Crippen LogP contribution in [-0.2, 0) is 9.53 Å². The Morgan fingerprint density at radius 1 is 1.02 bits per heavy atom. The standard InChI is InChI=1S/C30H24N4O9S/c1-4-42-29(36)26-17(2)31-30-32(27(26)19-7-12-21(41-3)13-8-19)28(35)25(44-30)15-18-5-10-22(11-6-18)43-24-14-9-20(33(37)38)16-23(24)34(39)40/h5-16,27H,4H2,1-3H3/b25-15-/t27-/m1/s1. The number of fused-ring (bicyclic) bond motifs is 1. The molecule has 0 unspecified atom stereocenters. The first-order valence-electron chi connectivity index (χ1n) is 13.2. The van der Waals surface area contributed by atoms with E-state index < -0.39 is 33.2 Å². The maximum atomic E-state index is 13.8. The van der Waals surface area contributed by atoms with Crippen LogP contribution in [0.25, 0.3) is 6.08 Å². The van der Waals surface area contributed by atoms with E-state index in [2.05, 4.69) is 4.99 Å². The van der Waals surface area contributed by atoms with E-state index in [1.54, 1.807) is 75.6 Å². The third-order valence-electron chi connectivity index (χ3n) is 6.70. The fraction of sp³-hybridized carbons (Fsp3) is 0.167. The van der Waals surface area contributed by atoms with Crippen molar-refractivity contribution in [3.05, 3.63) is 129 Å². The van der Waals surface area contributed by atoms with Gasteiger partial charge in [-0.2, -0.15) is 0 Å². The molecule has 1 atom stereocenters. The van der Waals surface area contributed by atoms with Crippen molar-refractivity contribution in [2.45, 2.75) is 19.9 Å². The Morgan fingerprint density at radius 2 is 1.70 bits per heavy atom. The minimum absolute atomic E-state index is 0.159. The lowest BCUT2D eigenvalue weighted by Gasteiger charge is -2.24. The van der Waals surface area contributed by atoms with Crippen LogP contribution in [0.15, 0.2) is 87.8 Å². The number of esters is 1.